The molecule has 1 atom stereocenters. The number of carbonyl (C=O) groups excluding carboxylic acids is 2. The first-order chi connectivity index (χ1) is 7.63. The summed E-state index contributed by atoms with van der Waals surface area (Å²) < 4.78 is 4.84. The highest BCUT2D eigenvalue weighted by atomic mass is 35.5. The molecule has 100 valence electrons. The Morgan fingerprint density at radius 3 is 2.82 bits per heavy atom. The topological polar surface area (TPSA) is 70.7 Å². The predicted molar refractivity (Wildman–Crippen MR) is 66.2 cm³/mol. The molecular weight excluding hydrogens is 246 g/mol. The van der Waals surface area contributed by atoms with Crippen molar-refractivity contribution in [3.8, 4) is 0 Å². The van der Waals surface area contributed by atoms with Crippen LogP contribution in [0, 0.1) is 0 Å². The molecule has 0 aromatic rings. The van der Waals surface area contributed by atoms with Crippen LogP contribution in [0.2, 0.25) is 0 Å². The second kappa shape index (κ2) is 8.27. The van der Waals surface area contributed by atoms with Crippen LogP contribution in [0.5, 0.6) is 0 Å². The lowest BCUT2D eigenvalue weighted by atomic mass is 10.2. The number of likely N-dealkylation sites (tertiary alicyclic amines) is 1. The third-order valence-corrected chi connectivity index (χ3v) is 2.47. The Morgan fingerprint density at radius 1 is 1.59 bits per heavy atom. The summed E-state index contributed by atoms with van der Waals surface area (Å²) in [5, 5.41) is 5.76. The zero-order valence-electron chi connectivity index (χ0n) is 10.2. The minimum absolute atomic E-state index is 0. The molecule has 1 saturated heterocycles. The maximum absolute atomic E-state index is 11.4. The van der Waals surface area contributed by atoms with E-state index in [0.717, 1.165) is 0 Å². The number of hydrogen-bond donors (Lipinski definition) is 2. The maximum atomic E-state index is 11.4. The molecule has 0 saturated carbocycles. The van der Waals surface area contributed by atoms with Gasteiger partial charge in [0.25, 0.3) is 0 Å². The molecule has 2 N–H and O–H groups in total. The van der Waals surface area contributed by atoms with E-state index >= 15 is 0 Å². The quantitative estimate of drug-likeness (QED) is 0.604. The van der Waals surface area contributed by atoms with Crippen molar-refractivity contribution in [2.45, 2.75) is 12.5 Å². The van der Waals surface area contributed by atoms with Crippen LogP contribution in [0.1, 0.15) is 6.42 Å². The van der Waals surface area contributed by atoms with Gasteiger partial charge in [-0.2, -0.15) is 0 Å². The largest absolute Gasteiger partial charge is 0.383 e. The summed E-state index contributed by atoms with van der Waals surface area (Å²) in [4.78, 5) is 24.3. The molecule has 17 heavy (non-hydrogen) atoms. The van der Waals surface area contributed by atoms with Crippen LogP contribution < -0.4 is 10.6 Å². The molecule has 0 spiro atoms. The van der Waals surface area contributed by atoms with Gasteiger partial charge in [-0.15, -0.1) is 12.4 Å². The molecule has 2 amide bonds. The average molecular weight is 266 g/mol. The lowest BCUT2D eigenvalue weighted by molar-refractivity contribution is -0.126. The van der Waals surface area contributed by atoms with Crippen LogP contribution in [0.25, 0.3) is 0 Å². The Labute approximate surface area is 107 Å². The van der Waals surface area contributed by atoms with E-state index < -0.39 is 0 Å². The third-order valence-electron chi connectivity index (χ3n) is 2.47. The average Bonchev–Trinajstić information content (AvgIpc) is 2.53. The van der Waals surface area contributed by atoms with Gasteiger partial charge in [-0.1, -0.05) is 0 Å². The fraction of sp³-hybridized carbons (Fsp3) is 0.800. The van der Waals surface area contributed by atoms with E-state index in [2.05, 4.69) is 10.6 Å². The number of nitrogens with one attached hydrogen (secondary N) is 2. The molecule has 1 heterocycles. The number of rotatable bonds is 6. The summed E-state index contributed by atoms with van der Waals surface area (Å²) in [6, 6.07) is -0.0470. The van der Waals surface area contributed by atoms with Crippen LogP contribution in [-0.4, -0.2) is 63.2 Å². The summed E-state index contributed by atoms with van der Waals surface area (Å²) in [6.45, 7) is 2.09. The molecule has 0 bridgehead atoms. The Hall–Kier alpha value is -0.850. The van der Waals surface area contributed by atoms with Crippen molar-refractivity contribution in [3.63, 3.8) is 0 Å². The molecule has 0 radical (unpaired) electrons. The number of amides is 2. The number of carbonyl (C=O) groups is 2. The predicted octanol–water partition coefficient (Wildman–Crippen LogP) is -1.01. The van der Waals surface area contributed by atoms with Gasteiger partial charge in [-0.25, -0.2) is 0 Å². The number of ether oxygens (including phenoxy) is 1. The summed E-state index contributed by atoms with van der Waals surface area (Å²) in [5.41, 5.74) is 0. The first kappa shape index (κ1) is 16.1. The lowest BCUT2D eigenvalue weighted by Crippen LogP contribution is -2.42. The second-order valence-electron chi connectivity index (χ2n) is 3.91. The van der Waals surface area contributed by atoms with Gasteiger partial charge in [-0.05, 0) is 0 Å². The molecule has 0 aromatic heterocycles. The Bertz CT molecular complexity index is 263. The first-order valence-electron chi connectivity index (χ1n) is 5.36. The summed E-state index contributed by atoms with van der Waals surface area (Å²) >= 11 is 0. The maximum Gasteiger partial charge on any atom is 0.234 e. The summed E-state index contributed by atoms with van der Waals surface area (Å²) in [5.74, 6) is 0.00171. The van der Waals surface area contributed by atoms with Crippen LogP contribution in [0.4, 0.5) is 0 Å². The summed E-state index contributed by atoms with van der Waals surface area (Å²) in [6.07, 6.45) is 0.403. The van der Waals surface area contributed by atoms with Crippen molar-refractivity contribution in [1.82, 2.24) is 15.5 Å². The van der Waals surface area contributed by atoms with Crippen LogP contribution in [0.3, 0.4) is 0 Å². The number of nitrogens with zero attached hydrogens (tertiary/aromatic N) is 1. The van der Waals surface area contributed by atoms with Gasteiger partial charge in [-0.3, -0.25) is 9.59 Å². The highest BCUT2D eigenvalue weighted by Crippen LogP contribution is 2.07. The normalized spacial score (nSPS) is 19.1. The van der Waals surface area contributed by atoms with Crippen LogP contribution in [0.15, 0.2) is 0 Å². The van der Waals surface area contributed by atoms with Gasteiger partial charge >= 0.3 is 0 Å². The second-order valence-corrected chi connectivity index (χ2v) is 3.91. The Morgan fingerprint density at radius 2 is 2.29 bits per heavy atom. The number of halogens is 1. The van der Waals surface area contributed by atoms with E-state index in [1.54, 1.807) is 19.1 Å². The molecule has 1 fully saturated rings. The Balaban J connectivity index is 0.00000256. The highest BCUT2D eigenvalue weighted by molar-refractivity contribution is 5.85. The van der Waals surface area contributed by atoms with Crippen molar-refractivity contribution in [3.05, 3.63) is 0 Å². The van der Waals surface area contributed by atoms with Crippen molar-refractivity contribution in [1.29, 1.82) is 0 Å². The van der Waals surface area contributed by atoms with Crippen LogP contribution in [-0.2, 0) is 14.3 Å². The van der Waals surface area contributed by atoms with E-state index in [1.165, 1.54) is 0 Å². The number of likely N-dealkylation sites (N-methyl/N-ethyl adjacent to an activating group) is 1. The van der Waals surface area contributed by atoms with E-state index in [4.69, 9.17) is 4.74 Å². The molecule has 6 nitrogen and oxygen atoms in total. The monoisotopic (exact) mass is 265 g/mol. The van der Waals surface area contributed by atoms with E-state index in [0.29, 0.717) is 26.1 Å². The van der Waals surface area contributed by atoms with Crippen molar-refractivity contribution < 1.29 is 14.3 Å². The zero-order chi connectivity index (χ0) is 12.0. The SMILES string of the molecule is COCCNCC(=O)NC1CC(=O)N(C)C1.Cl. The first-order valence-corrected chi connectivity index (χ1v) is 5.36. The van der Waals surface area contributed by atoms with Crippen molar-refractivity contribution in [2.24, 2.45) is 0 Å². The van der Waals surface area contributed by atoms with Crippen molar-refractivity contribution in [2.75, 3.05) is 40.4 Å². The fourth-order valence-corrected chi connectivity index (χ4v) is 1.62. The smallest absolute Gasteiger partial charge is 0.234 e. The molecule has 0 aromatic carbocycles. The van der Waals surface area contributed by atoms with E-state index in [-0.39, 0.29) is 36.8 Å². The van der Waals surface area contributed by atoms with E-state index in [9.17, 15) is 9.59 Å². The molecule has 1 aliphatic rings. The van der Waals surface area contributed by atoms with Gasteiger partial charge in [0, 0.05) is 33.7 Å². The van der Waals surface area contributed by atoms with Gasteiger partial charge in [0.05, 0.1) is 19.2 Å². The summed E-state index contributed by atoms with van der Waals surface area (Å²) in [7, 11) is 3.35. The minimum atomic E-state index is -0.0794. The van der Waals surface area contributed by atoms with Gasteiger partial charge in [0.2, 0.25) is 11.8 Å². The highest BCUT2D eigenvalue weighted by Gasteiger charge is 2.27. The number of hydrogen-bond acceptors (Lipinski definition) is 4. The third kappa shape index (κ3) is 5.86. The standard InChI is InChI=1S/C10H19N3O3.ClH/c1-13-7-8(5-10(13)15)12-9(14)6-11-3-4-16-2;/h8,11H,3-7H2,1-2H3,(H,12,14);1H. The minimum Gasteiger partial charge on any atom is -0.383 e. The molecule has 1 unspecified atom stereocenters. The lowest BCUT2D eigenvalue weighted by Gasteiger charge is -2.12. The molecule has 7 heteroatoms. The van der Waals surface area contributed by atoms with Crippen LogP contribution >= 0.6 is 12.4 Å². The Kier molecular flexibility index (Phi) is 7.86. The number of methoxy groups -OCH3 is 1. The fourth-order valence-electron chi connectivity index (χ4n) is 1.62. The van der Waals surface area contributed by atoms with Gasteiger partial charge in [0.1, 0.15) is 0 Å². The van der Waals surface area contributed by atoms with E-state index in [1.807, 2.05) is 0 Å². The molecule has 1 rings (SSSR count). The van der Waals surface area contributed by atoms with Crippen molar-refractivity contribution >= 4 is 24.2 Å². The van der Waals surface area contributed by atoms with Gasteiger partial charge < -0.3 is 20.3 Å². The molecule has 0 aliphatic carbocycles. The molecule has 1 aliphatic heterocycles. The van der Waals surface area contributed by atoms with Gasteiger partial charge in [0.15, 0.2) is 0 Å². The molecular formula is C10H20ClN3O3. The zero-order valence-corrected chi connectivity index (χ0v) is 11.0.